The first-order valence-corrected chi connectivity index (χ1v) is 5.63. The van der Waals surface area contributed by atoms with E-state index in [4.69, 9.17) is 16.3 Å². The van der Waals surface area contributed by atoms with Crippen molar-refractivity contribution in [2.45, 2.75) is 12.8 Å². The molecular weight excluding hydrogens is 228 g/mol. The zero-order valence-corrected chi connectivity index (χ0v) is 9.54. The van der Waals surface area contributed by atoms with Crippen molar-refractivity contribution in [3.63, 3.8) is 0 Å². The van der Waals surface area contributed by atoms with Gasteiger partial charge in [-0.3, -0.25) is 9.78 Å². The van der Waals surface area contributed by atoms with Crippen LogP contribution in [-0.4, -0.2) is 24.1 Å². The largest absolute Gasteiger partial charge is 0.381 e. The Morgan fingerprint density at radius 1 is 1.62 bits per heavy atom. The van der Waals surface area contributed by atoms with Crippen molar-refractivity contribution >= 4 is 23.2 Å². The van der Waals surface area contributed by atoms with E-state index < -0.39 is 0 Å². The Labute approximate surface area is 99.0 Å². The minimum atomic E-state index is -0.0787. The molecule has 1 unspecified atom stereocenters. The van der Waals surface area contributed by atoms with E-state index in [-0.39, 0.29) is 11.8 Å². The highest BCUT2D eigenvalue weighted by molar-refractivity contribution is 6.33. The Morgan fingerprint density at radius 3 is 3.19 bits per heavy atom. The van der Waals surface area contributed by atoms with Crippen molar-refractivity contribution < 1.29 is 9.53 Å². The Hall–Kier alpha value is -1.13. The van der Waals surface area contributed by atoms with Gasteiger partial charge in [0.2, 0.25) is 5.91 Å². The molecule has 0 bridgehead atoms. The minimum absolute atomic E-state index is 0.0467. The number of anilines is 1. The number of ether oxygens (including phenoxy) is 1. The molecule has 1 saturated heterocycles. The van der Waals surface area contributed by atoms with Gasteiger partial charge in [0.1, 0.15) is 0 Å². The molecule has 1 amide bonds. The van der Waals surface area contributed by atoms with E-state index in [0.717, 1.165) is 19.4 Å². The van der Waals surface area contributed by atoms with Crippen LogP contribution < -0.4 is 5.32 Å². The smallest absolute Gasteiger partial charge is 0.229 e. The Balaban J connectivity index is 1.99. The monoisotopic (exact) mass is 240 g/mol. The molecule has 86 valence electrons. The van der Waals surface area contributed by atoms with Gasteiger partial charge >= 0.3 is 0 Å². The van der Waals surface area contributed by atoms with Crippen molar-refractivity contribution in [3.8, 4) is 0 Å². The fourth-order valence-electron chi connectivity index (χ4n) is 1.65. The van der Waals surface area contributed by atoms with Crippen molar-refractivity contribution in [2.75, 3.05) is 18.5 Å². The minimum Gasteiger partial charge on any atom is -0.381 e. The van der Waals surface area contributed by atoms with Crippen LogP contribution in [0.5, 0.6) is 0 Å². The third-order valence-electron chi connectivity index (χ3n) is 2.56. The molecule has 1 N–H and O–H groups in total. The Bertz CT molecular complexity index is 378. The molecule has 0 aliphatic carbocycles. The van der Waals surface area contributed by atoms with E-state index in [1.54, 1.807) is 18.5 Å². The molecule has 4 nitrogen and oxygen atoms in total. The average molecular weight is 241 g/mol. The van der Waals surface area contributed by atoms with E-state index in [9.17, 15) is 4.79 Å². The van der Waals surface area contributed by atoms with Gasteiger partial charge in [-0.15, -0.1) is 0 Å². The van der Waals surface area contributed by atoms with Gasteiger partial charge in [0.05, 0.1) is 29.4 Å². The second-order valence-corrected chi connectivity index (χ2v) is 4.17. The molecule has 1 atom stereocenters. The van der Waals surface area contributed by atoms with Crippen molar-refractivity contribution in [1.82, 2.24) is 4.98 Å². The molecule has 1 aromatic rings. The normalized spacial score (nSPS) is 20.4. The summed E-state index contributed by atoms with van der Waals surface area (Å²) in [6, 6.07) is 1.65. The van der Waals surface area contributed by atoms with E-state index in [2.05, 4.69) is 10.3 Å². The predicted molar refractivity (Wildman–Crippen MR) is 61.4 cm³/mol. The second-order valence-electron chi connectivity index (χ2n) is 3.76. The van der Waals surface area contributed by atoms with Crippen LogP contribution in [0.1, 0.15) is 12.8 Å². The topological polar surface area (TPSA) is 51.2 Å². The van der Waals surface area contributed by atoms with Gasteiger partial charge in [0.15, 0.2) is 0 Å². The van der Waals surface area contributed by atoms with Gasteiger partial charge in [-0.05, 0) is 18.9 Å². The quantitative estimate of drug-likeness (QED) is 0.861. The first-order valence-electron chi connectivity index (χ1n) is 5.25. The molecule has 0 saturated carbocycles. The highest BCUT2D eigenvalue weighted by atomic mass is 35.5. The van der Waals surface area contributed by atoms with Crippen molar-refractivity contribution in [3.05, 3.63) is 23.5 Å². The number of nitrogens with one attached hydrogen (secondary N) is 1. The maximum Gasteiger partial charge on any atom is 0.229 e. The summed E-state index contributed by atoms with van der Waals surface area (Å²) < 4.78 is 5.26. The number of hydrogen-bond acceptors (Lipinski definition) is 3. The summed E-state index contributed by atoms with van der Waals surface area (Å²) in [7, 11) is 0. The maximum atomic E-state index is 11.8. The first kappa shape index (κ1) is 11.4. The number of carbonyl (C=O) groups is 1. The lowest BCUT2D eigenvalue weighted by molar-refractivity contribution is -0.123. The molecule has 2 heterocycles. The number of amides is 1. The molecule has 5 heteroatoms. The van der Waals surface area contributed by atoms with Gasteiger partial charge in [0, 0.05) is 12.8 Å². The number of carbonyl (C=O) groups excluding carboxylic acids is 1. The van der Waals surface area contributed by atoms with Crippen LogP contribution in [0, 0.1) is 5.92 Å². The molecular formula is C11H13ClN2O2. The molecule has 2 rings (SSSR count). The van der Waals surface area contributed by atoms with Crippen LogP contribution in [-0.2, 0) is 9.53 Å². The lowest BCUT2D eigenvalue weighted by Gasteiger charge is -2.21. The van der Waals surface area contributed by atoms with Gasteiger partial charge in [-0.1, -0.05) is 11.6 Å². The number of rotatable bonds is 2. The van der Waals surface area contributed by atoms with Crippen LogP contribution in [0.3, 0.4) is 0 Å². The van der Waals surface area contributed by atoms with Crippen LogP contribution >= 0.6 is 11.6 Å². The van der Waals surface area contributed by atoms with E-state index in [1.807, 2.05) is 0 Å². The van der Waals surface area contributed by atoms with Gasteiger partial charge in [0.25, 0.3) is 0 Å². The lowest BCUT2D eigenvalue weighted by Crippen LogP contribution is -2.30. The summed E-state index contributed by atoms with van der Waals surface area (Å²) in [5.41, 5.74) is 0.555. The van der Waals surface area contributed by atoms with E-state index in [1.165, 1.54) is 0 Å². The summed E-state index contributed by atoms with van der Waals surface area (Å²) in [5, 5.41) is 3.27. The Kier molecular flexibility index (Phi) is 3.74. The number of hydrogen-bond donors (Lipinski definition) is 1. The van der Waals surface area contributed by atoms with Gasteiger partial charge in [-0.2, -0.15) is 0 Å². The van der Waals surface area contributed by atoms with Crippen LogP contribution in [0.2, 0.25) is 5.02 Å². The third kappa shape index (κ3) is 2.71. The zero-order chi connectivity index (χ0) is 11.4. The highest BCUT2D eigenvalue weighted by Gasteiger charge is 2.22. The number of aromatic nitrogens is 1. The lowest BCUT2D eigenvalue weighted by atomic mass is 10.0. The Morgan fingerprint density at radius 2 is 2.50 bits per heavy atom. The second kappa shape index (κ2) is 5.27. The van der Waals surface area contributed by atoms with E-state index >= 15 is 0 Å². The van der Waals surface area contributed by atoms with Crippen LogP contribution in [0.4, 0.5) is 5.69 Å². The average Bonchev–Trinajstić information content (AvgIpc) is 2.33. The SMILES string of the molecule is O=C(Nc1cnccc1Cl)C1CCCOC1. The fourth-order valence-corrected chi connectivity index (χ4v) is 1.80. The highest BCUT2D eigenvalue weighted by Crippen LogP contribution is 2.21. The molecule has 1 aromatic heterocycles. The summed E-state index contributed by atoms with van der Waals surface area (Å²) in [5.74, 6) is -0.125. The van der Waals surface area contributed by atoms with Crippen molar-refractivity contribution in [1.29, 1.82) is 0 Å². The molecule has 1 aliphatic heterocycles. The third-order valence-corrected chi connectivity index (χ3v) is 2.89. The molecule has 0 spiro atoms. The zero-order valence-electron chi connectivity index (χ0n) is 8.78. The molecule has 0 radical (unpaired) electrons. The first-order chi connectivity index (χ1) is 7.77. The number of nitrogens with zero attached hydrogens (tertiary/aromatic N) is 1. The standard InChI is InChI=1S/C11H13ClN2O2/c12-9-3-4-13-6-10(9)14-11(15)8-2-1-5-16-7-8/h3-4,6,8H,1-2,5,7H2,(H,14,15). The maximum absolute atomic E-state index is 11.8. The number of pyridine rings is 1. The summed E-state index contributed by atoms with van der Waals surface area (Å²) >= 11 is 5.92. The molecule has 1 fully saturated rings. The molecule has 0 aromatic carbocycles. The predicted octanol–water partition coefficient (Wildman–Crippen LogP) is 2.10. The summed E-state index contributed by atoms with van der Waals surface area (Å²) in [6.07, 6.45) is 4.92. The molecule has 16 heavy (non-hydrogen) atoms. The van der Waals surface area contributed by atoms with Crippen molar-refractivity contribution in [2.24, 2.45) is 5.92 Å². The van der Waals surface area contributed by atoms with Crippen LogP contribution in [0.15, 0.2) is 18.5 Å². The van der Waals surface area contributed by atoms with E-state index in [0.29, 0.717) is 17.3 Å². The fraction of sp³-hybridized carbons (Fsp3) is 0.455. The molecule has 1 aliphatic rings. The van der Waals surface area contributed by atoms with Gasteiger partial charge < -0.3 is 10.1 Å². The summed E-state index contributed by atoms with van der Waals surface area (Å²) in [4.78, 5) is 15.8. The number of halogens is 1. The summed E-state index contributed by atoms with van der Waals surface area (Å²) in [6.45, 7) is 1.24. The van der Waals surface area contributed by atoms with Gasteiger partial charge in [-0.25, -0.2) is 0 Å². The van der Waals surface area contributed by atoms with Crippen LogP contribution in [0.25, 0.3) is 0 Å².